The van der Waals surface area contributed by atoms with Gasteiger partial charge in [0.2, 0.25) is 0 Å². The first-order valence-corrected chi connectivity index (χ1v) is 6.56. The predicted molar refractivity (Wildman–Crippen MR) is 76.4 cm³/mol. The highest BCUT2D eigenvalue weighted by Gasteiger charge is 2.15. The number of ether oxygens (including phenoxy) is 1. The Morgan fingerprint density at radius 2 is 2.05 bits per heavy atom. The monoisotopic (exact) mass is 305 g/mol. The van der Waals surface area contributed by atoms with E-state index in [1.54, 1.807) is 13.0 Å². The summed E-state index contributed by atoms with van der Waals surface area (Å²) in [5, 5.41) is 31.3. The van der Waals surface area contributed by atoms with Gasteiger partial charge in [0.1, 0.15) is 17.3 Å². The lowest BCUT2D eigenvalue weighted by atomic mass is 10.0. The molecule has 0 saturated carbocycles. The number of benzene rings is 1. The van der Waals surface area contributed by atoms with E-state index in [0.29, 0.717) is 5.76 Å². The highest BCUT2D eigenvalue weighted by molar-refractivity contribution is 6.03. The van der Waals surface area contributed by atoms with Crippen LogP contribution < -0.4 is 4.74 Å². The van der Waals surface area contributed by atoms with Gasteiger partial charge in [0.25, 0.3) is 5.95 Å². The Morgan fingerprint density at radius 1 is 1.27 bits per heavy atom. The van der Waals surface area contributed by atoms with Crippen LogP contribution in [0.5, 0.6) is 17.4 Å². The standard InChI is InChI=1S/C15H15NO6/c1-2-14(19)22-15-6-4-10(21-15)8-12(16-20)11-5-3-9(17)7-13(11)18/h3-7,17-18,20H,2,8H2,1H3/b16-12+. The molecule has 0 spiro atoms. The molecule has 0 radical (unpaired) electrons. The Balaban J connectivity index is 2.16. The average molecular weight is 305 g/mol. The number of carbonyl (C=O) groups excluding carboxylic acids is 1. The molecule has 0 aliphatic carbocycles. The maximum absolute atomic E-state index is 11.2. The van der Waals surface area contributed by atoms with E-state index >= 15 is 0 Å². The molecule has 2 rings (SSSR count). The number of phenolic OH excluding ortho intramolecular Hbond substituents is 2. The van der Waals surface area contributed by atoms with E-state index < -0.39 is 5.97 Å². The first kappa shape index (κ1) is 15.4. The van der Waals surface area contributed by atoms with E-state index in [4.69, 9.17) is 14.4 Å². The minimum Gasteiger partial charge on any atom is -0.508 e. The molecule has 0 unspecified atom stereocenters. The first-order valence-electron chi connectivity index (χ1n) is 6.56. The molecule has 3 N–H and O–H groups in total. The van der Waals surface area contributed by atoms with Crippen molar-refractivity contribution in [3.05, 3.63) is 41.7 Å². The van der Waals surface area contributed by atoms with Crippen molar-refractivity contribution in [2.24, 2.45) is 5.16 Å². The number of rotatable bonds is 5. The molecule has 1 heterocycles. The average Bonchev–Trinajstić information content (AvgIpc) is 2.92. The number of phenols is 2. The van der Waals surface area contributed by atoms with Gasteiger partial charge < -0.3 is 24.6 Å². The molecule has 0 aliphatic heterocycles. The highest BCUT2D eigenvalue weighted by atomic mass is 16.6. The Kier molecular flexibility index (Phi) is 4.67. The van der Waals surface area contributed by atoms with E-state index in [9.17, 15) is 15.0 Å². The molecule has 0 fully saturated rings. The van der Waals surface area contributed by atoms with Crippen LogP contribution in [0, 0.1) is 0 Å². The van der Waals surface area contributed by atoms with Crippen molar-refractivity contribution < 1.29 is 29.4 Å². The van der Waals surface area contributed by atoms with Gasteiger partial charge in [0, 0.05) is 24.1 Å². The van der Waals surface area contributed by atoms with E-state index in [1.165, 1.54) is 18.2 Å². The summed E-state index contributed by atoms with van der Waals surface area (Å²) in [6, 6.07) is 6.96. The zero-order valence-electron chi connectivity index (χ0n) is 11.8. The van der Waals surface area contributed by atoms with Crippen LogP contribution in [0.2, 0.25) is 0 Å². The Bertz CT molecular complexity index is 704. The molecule has 0 aliphatic rings. The number of nitrogens with zero attached hydrogens (tertiary/aromatic N) is 1. The summed E-state index contributed by atoms with van der Waals surface area (Å²) in [7, 11) is 0. The van der Waals surface area contributed by atoms with Crippen LogP contribution >= 0.6 is 0 Å². The summed E-state index contributed by atoms with van der Waals surface area (Å²) >= 11 is 0. The van der Waals surface area contributed by atoms with E-state index in [1.807, 2.05) is 0 Å². The smallest absolute Gasteiger partial charge is 0.313 e. The molecule has 7 nitrogen and oxygen atoms in total. The number of hydrogen-bond donors (Lipinski definition) is 3. The number of furan rings is 1. The summed E-state index contributed by atoms with van der Waals surface area (Å²) in [6.07, 6.45) is 0.291. The maximum Gasteiger partial charge on any atom is 0.313 e. The molecule has 116 valence electrons. The van der Waals surface area contributed by atoms with Gasteiger partial charge in [-0.25, -0.2) is 0 Å². The van der Waals surface area contributed by atoms with Gasteiger partial charge in [-0.2, -0.15) is 0 Å². The summed E-state index contributed by atoms with van der Waals surface area (Å²) in [5.41, 5.74) is 0.393. The largest absolute Gasteiger partial charge is 0.508 e. The van der Waals surface area contributed by atoms with Crippen LogP contribution in [0.3, 0.4) is 0 Å². The maximum atomic E-state index is 11.2. The molecule has 0 saturated heterocycles. The molecule has 7 heteroatoms. The molecule has 2 aromatic rings. The molecule has 1 aromatic carbocycles. The Hall–Kier alpha value is -2.96. The quantitative estimate of drug-likeness (QED) is 0.338. The SMILES string of the molecule is CCC(=O)Oc1ccc(C/C(=N\O)c2ccc(O)cc2O)o1. The minimum atomic E-state index is -0.423. The number of oxime groups is 1. The fourth-order valence-electron chi connectivity index (χ4n) is 1.81. The van der Waals surface area contributed by atoms with Crippen molar-refractivity contribution in [1.29, 1.82) is 0 Å². The molecule has 0 bridgehead atoms. The van der Waals surface area contributed by atoms with Gasteiger partial charge in [0.15, 0.2) is 0 Å². The minimum absolute atomic E-state index is 0.0501. The van der Waals surface area contributed by atoms with E-state index in [2.05, 4.69) is 5.16 Å². The zero-order chi connectivity index (χ0) is 16.1. The van der Waals surface area contributed by atoms with Crippen LogP contribution in [0.15, 0.2) is 39.9 Å². The summed E-state index contributed by atoms with van der Waals surface area (Å²) in [4.78, 5) is 11.2. The highest BCUT2D eigenvalue weighted by Crippen LogP contribution is 2.25. The fraction of sp³-hybridized carbons (Fsp3) is 0.200. The van der Waals surface area contributed by atoms with E-state index in [0.717, 1.165) is 6.07 Å². The van der Waals surface area contributed by atoms with Crippen molar-refractivity contribution in [2.75, 3.05) is 0 Å². The molecular weight excluding hydrogens is 290 g/mol. The third-order valence-electron chi connectivity index (χ3n) is 2.89. The van der Waals surface area contributed by atoms with Crippen molar-refractivity contribution >= 4 is 11.7 Å². The molecule has 0 amide bonds. The second kappa shape index (κ2) is 6.66. The van der Waals surface area contributed by atoms with Gasteiger partial charge in [-0.05, 0) is 18.2 Å². The normalized spacial score (nSPS) is 11.4. The van der Waals surface area contributed by atoms with Crippen molar-refractivity contribution in [2.45, 2.75) is 19.8 Å². The van der Waals surface area contributed by atoms with Crippen LogP contribution in [-0.2, 0) is 11.2 Å². The van der Waals surface area contributed by atoms with Crippen molar-refractivity contribution in [3.8, 4) is 17.4 Å². The first-order chi connectivity index (χ1) is 10.5. The van der Waals surface area contributed by atoms with Gasteiger partial charge in [-0.15, -0.1) is 0 Å². The van der Waals surface area contributed by atoms with Gasteiger partial charge in [0.05, 0.1) is 12.1 Å². The zero-order valence-corrected chi connectivity index (χ0v) is 11.8. The lowest BCUT2D eigenvalue weighted by Crippen LogP contribution is -2.06. The van der Waals surface area contributed by atoms with Crippen LogP contribution in [0.25, 0.3) is 0 Å². The van der Waals surface area contributed by atoms with Crippen LogP contribution in [0.1, 0.15) is 24.7 Å². The van der Waals surface area contributed by atoms with Crippen LogP contribution in [-0.4, -0.2) is 27.1 Å². The summed E-state index contributed by atoms with van der Waals surface area (Å²) in [6.45, 7) is 1.66. The lowest BCUT2D eigenvalue weighted by Gasteiger charge is -2.06. The second-order valence-electron chi connectivity index (χ2n) is 4.47. The van der Waals surface area contributed by atoms with Gasteiger partial charge in [-0.1, -0.05) is 12.1 Å². The molecule has 22 heavy (non-hydrogen) atoms. The van der Waals surface area contributed by atoms with Gasteiger partial charge in [-0.3, -0.25) is 4.79 Å². The third kappa shape index (κ3) is 3.57. The van der Waals surface area contributed by atoms with Crippen molar-refractivity contribution in [1.82, 2.24) is 0 Å². The lowest BCUT2D eigenvalue weighted by molar-refractivity contribution is -0.135. The summed E-state index contributed by atoms with van der Waals surface area (Å²) < 4.78 is 10.2. The van der Waals surface area contributed by atoms with E-state index in [-0.39, 0.29) is 41.6 Å². The topological polar surface area (TPSA) is 112 Å². The number of carbonyl (C=O) groups is 1. The second-order valence-corrected chi connectivity index (χ2v) is 4.47. The Labute approximate surface area is 126 Å². The summed E-state index contributed by atoms with van der Waals surface area (Å²) in [5.74, 6) is -0.316. The predicted octanol–water partition coefficient (Wildman–Crippen LogP) is 2.43. The van der Waals surface area contributed by atoms with Gasteiger partial charge >= 0.3 is 5.97 Å². The molecule has 1 aromatic heterocycles. The van der Waals surface area contributed by atoms with Crippen molar-refractivity contribution in [3.63, 3.8) is 0 Å². The fourth-order valence-corrected chi connectivity index (χ4v) is 1.81. The van der Waals surface area contributed by atoms with Crippen LogP contribution in [0.4, 0.5) is 0 Å². The number of esters is 1. The number of hydrogen-bond acceptors (Lipinski definition) is 7. The molecular formula is C15H15NO6. The number of aromatic hydroxyl groups is 2. The Morgan fingerprint density at radius 3 is 2.68 bits per heavy atom. The third-order valence-corrected chi connectivity index (χ3v) is 2.89. The molecule has 0 atom stereocenters.